The average Bonchev–Trinajstić information content (AvgIpc) is 3.22. The Hall–Kier alpha value is -2.76. The second-order valence-electron chi connectivity index (χ2n) is 7.33. The molecule has 1 aromatic carbocycles. The van der Waals surface area contributed by atoms with E-state index < -0.39 is 0 Å². The molecule has 150 valence electrons. The number of benzene rings is 1. The summed E-state index contributed by atoms with van der Waals surface area (Å²) in [5, 5.41) is 7.25. The summed E-state index contributed by atoms with van der Waals surface area (Å²) in [5.74, 6) is 2.05. The van der Waals surface area contributed by atoms with Gasteiger partial charge in [0.2, 0.25) is 5.91 Å². The number of nitrogens with zero attached hydrogens (tertiary/aromatic N) is 2. The lowest BCUT2D eigenvalue weighted by Crippen LogP contribution is -2.36. The number of amides is 1. The highest BCUT2D eigenvalue weighted by molar-refractivity contribution is 5.92. The van der Waals surface area contributed by atoms with Gasteiger partial charge < -0.3 is 14.8 Å². The van der Waals surface area contributed by atoms with Gasteiger partial charge in [0.25, 0.3) is 0 Å². The SMILES string of the molecule is COc1cc(/C=C/C(=O)NC2CCC(C)CC2)ccc1OCCn1cccn1. The van der Waals surface area contributed by atoms with Crippen LogP contribution in [-0.2, 0) is 11.3 Å². The molecule has 1 N–H and O–H groups in total. The fourth-order valence-electron chi connectivity index (χ4n) is 3.41. The van der Waals surface area contributed by atoms with E-state index in [1.54, 1.807) is 25.5 Å². The molecule has 1 saturated carbocycles. The Morgan fingerprint density at radius 3 is 2.82 bits per heavy atom. The number of carbonyl (C=O) groups is 1. The Bertz CT molecular complexity index is 778. The summed E-state index contributed by atoms with van der Waals surface area (Å²) < 4.78 is 13.0. The Kier molecular flexibility index (Phi) is 7.12. The molecule has 2 aromatic rings. The Morgan fingerprint density at radius 2 is 2.11 bits per heavy atom. The maximum Gasteiger partial charge on any atom is 0.244 e. The Morgan fingerprint density at radius 1 is 1.29 bits per heavy atom. The van der Waals surface area contributed by atoms with Crippen molar-refractivity contribution in [3.8, 4) is 11.5 Å². The molecule has 0 radical (unpaired) electrons. The van der Waals surface area contributed by atoms with Crippen LogP contribution in [0.4, 0.5) is 0 Å². The molecule has 0 spiro atoms. The third-order valence-electron chi connectivity index (χ3n) is 5.11. The summed E-state index contributed by atoms with van der Waals surface area (Å²) in [6.07, 6.45) is 11.5. The summed E-state index contributed by atoms with van der Waals surface area (Å²) in [7, 11) is 1.61. The number of rotatable bonds is 8. The molecule has 0 atom stereocenters. The van der Waals surface area contributed by atoms with E-state index in [0.717, 1.165) is 24.3 Å². The van der Waals surface area contributed by atoms with Gasteiger partial charge in [-0.3, -0.25) is 9.48 Å². The van der Waals surface area contributed by atoms with Crippen molar-refractivity contribution in [3.05, 3.63) is 48.3 Å². The first-order valence-corrected chi connectivity index (χ1v) is 9.91. The van der Waals surface area contributed by atoms with Gasteiger partial charge in [0, 0.05) is 24.5 Å². The topological polar surface area (TPSA) is 65.4 Å². The molecular weight excluding hydrogens is 354 g/mol. The van der Waals surface area contributed by atoms with Crippen LogP contribution in [0.2, 0.25) is 0 Å². The Balaban J connectivity index is 1.52. The third kappa shape index (κ3) is 5.87. The minimum Gasteiger partial charge on any atom is -0.493 e. The number of aromatic nitrogens is 2. The van der Waals surface area contributed by atoms with Crippen LogP contribution < -0.4 is 14.8 Å². The minimum atomic E-state index is -0.0435. The van der Waals surface area contributed by atoms with Crippen LogP contribution in [0, 0.1) is 5.92 Å². The van der Waals surface area contributed by atoms with Crippen LogP contribution >= 0.6 is 0 Å². The van der Waals surface area contributed by atoms with Crippen molar-refractivity contribution in [3.63, 3.8) is 0 Å². The molecule has 1 aromatic heterocycles. The van der Waals surface area contributed by atoms with E-state index in [1.807, 2.05) is 35.1 Å². The highest BCUT2D eigenvalue weighted by Crippen LogP contribution is 2.28. The van der Waals surface area contributed by atoms with Crippen molar-refractivity contribution < 1.29 is 14.3 Å². The number of ether oxygens (including phenoxy) is 2. The minimum absolute atomic E-state index is 0.0435. The first-order chi connectivity index (χ1) is 13.6. The van der Waals surface area contributed by atoms with Crippen molar-refractivity contribution in [2.24, 2.45) is 5.92 Å². The molecule has 0 saturated heterocycles. The van der Waals surface area contributed by atoms with Gasteiger partial charge in [0.05, 0.1) is 13.7 Å². The molecule has 28 heavy (non-hydrogen) atoms. The molecule has 1 fully saturated rings. The number of hydrogen-bond acceptors (Lipinski definition) is 4. The maximum absolute atomic E-state index is 12.2. The average molecular weight is 383 g/mol. The van der Waals surface area contributed by atoms with Gasteiger partial charge in [0.15, 0.2) is 11.5 Å². The number of methoxy groups -OCH3 is 1. The van der Waals surface area contributed by atoms with Crippen molar-refractivity contribution in [2.45, 2.75) is 45.2 Å². The molecule has 1 aliphatic carbocycles. The molecule has 3 rings (SSSR count). The van der Waals surface area contributed by atoms with Crippen molar-refractivity contribution in [2.75, 3.05) is 13.7 Å². The second-order valence-corrected chi connectivity index (χ2v) is 7.33. The smallest absolute Gasteiger partial charge is 0.244 e. The highest BCUT2D eigenvalue weighted by atomic mass is 16.5. The molecule has 1 amide bonds. The van der Waals surface area contributed by atoms with Gasteiger partial charge >= 0.3 is 0 Å². The fourth-order valence-corrected chi connectivity index (χ4v) is 3.41. The van der Waals surface area contributed by atoms with E-state index in [-0.39, 0.29) is 5.91 Å². The predicted octanol–water partition coefficient (Wildman–Crippen LogP) is 3.68. The van der Waals surface area contributed by atoms with Gasteiger partial charge in [-0.15, -0.1) is 0 Å². The molecule has 1 aliphatic rings. The van der Waals surface area contributed by atoms with E-state index in [9.17, 15) is 4.79 Å². The first-order valence-electron chi connectivity index (χ1n) is 9.91. The highest BCUT2D eigenvalue weighted by Gasteiger charge is 2.18. The number of carbonyl (C=O) groups excluding carboxylic acids is 1. The van der Waals surface area contributed by atoms with E-state index in [4.69, 9.17) is 9.47 Å². The van der Waals surface area contributed by atoms with E-state index in [1.165, 1.54) is 12.8 Å². The molecular formula is C22H29N3O3. The zero-order chi connectivity index (χ0) is 19.8. The predicted molar refractivity (Wildman–Crippen MR) is 109 cm³/mol. The van der Waals surface area contributed by atoms with Gasteiger partial charge in [-0.25, -0.2) is 0 Å². The summed E-state index contributed by atoms with van der Waals surface area (Å²) in [5.41, 5.74) is 0.892. The van der Waals surface area contributed by atoms with Gasteiger partial charge in [-0.1, -0.05) is 13.0 Å². The lowest BCUT2D eigenvalue weighted by Gasteiger charge is -2.26. The zero-order valence-corrected chi connectivity index (χ0v) is 16.6. The van der Waals surface area contributed by atoms with Crippen LogP contribution in [0.15, 0.2) is 42.7 Å². The summed E-state index contributed by atoms with van der Waals surface area (Å²) in [6, 6.07) is 7.83. The van der Waals surface area contributed by atoms with Crippen molar-refractivity contribution in [1.82, 2.24) is 15.1 Å². The van der Waals surface area contributed by atoms with Gasteiger partial charge in [-0.05, 0) is 61.4 Å². The Labute approximate surface area is 166 Å². The van der Waals surface area contributed by atoms with Gasteiger partial charge in [-0.2, -0.15) is 5.10 Å². The second kappa shape index (κ2) is 9.97. The van der Waals surface area contributed by atoms with Crippen LogP contribution in [0.1, 0.15) is 38.2 Å². The maximum atomic E-state index is 12.2. The van der Waals surface area contributed by atoms with Crippen molar-refractivity contribution >= 4 is 12.0 Å². The number of hydrogen-bond donors (Lipinski definition) is 1. The van der Waals surface area contributed by atoms with Gasteiger partial charge in [0.1, 0.15) is 6.61 Å². The lowest BCUT2D eigenvalue weighted by atomic mass is 9.87. The van der Waals surface area contributed by atoms with Crippen LogP contribution in [0.25, 0.3) is 6.08 Å². The molecule has 0 bridgehead atoms. The van der Waals surface area contributed by atoms with E-state index in [2.05, 4.69) is 17.3 Å². The van der Waals surface area contributed by atoms with E-state index in [0.29, 0.717) is 30.7 Å². The largest absolute Gasteiger partial charge is 0.493 e. The fraction of sp³-hybridized carbons (Fsp3) is 0.455. The molecule has 6 nitrogen and oxygen atoms in total. The quantitative estimate of drug-likeness (QED) is 0.706. The first kappa shape index (κ1) is 20.0. The molecule has 6 heteroatoms. The summed E-state index contributed by atoms with van der Waals surface area (Å²) >= 11 is 0. The number of nitrogens with one attached hydrogen (secondary N) is 1. The third-order valence-corrected chi connectivity index (χ3v) is 5.11. The van der Waals surface area contributed by atoms with E-state index >= 15 is 0 Å². The van der Waals surface area contributed by atoms with Crippen LogP contribution in [0.3, 0.4) is 0 Å². The standard InChI is InChI=1S/C22H29N3O3/c1-17-4-8-19(9-5-17)24-22(26)11-7-18-6-10-20(21(16-18)27-2)28-15-14-25-13-3-12-23-25/h3,6-7,10-13,16-17,19H,4-5,8-9,14-15H2,1-2H3,(H,24,26)/b11-7+. The molecule has 1 heterocycles. The summed E-state index contributed by atoms with van der Waals surface area (Å²) in [4.78, 5) is 12.2. The normalized spacial score (nSPS) is 19.5. The van der Waals surface area contributed by atoms with Crippen molar-refractivity contribution in [1.29, 1.82) is 0 Å². The lowest BCUT2D eigenvalue weighted by molar-refractivity contribution is -0.117. The van der Waals surface area contributed by atoms with Crippen LogP contribution in [-0.4, -0.2) is 35.4 Å². The molecule has 0 unspecified atom stereocenters. The van der Waals surface area contributed by atoms with Crippen LogP contribution in [0.5, 0.6) is 11.5 Å². The zero-order valence-electron chi connectivity index (χ0n) is 16.6. The summed E-state index contributed by atoms with van der Waals surface area (Å²) in [6.45, 7) is 3.43. The molecule has 0 aliphatic heterocycles. The monoisotopic (exact) mass is 383 g/mol.